The number of carbonyl (C=O) groups is 2. The summed E-state index contributed by atoms with van der Waals surface area (Å²) < 4.78 is 4.55. The number of anilines is 2. The van der Waals surface area contributed by atoms with E-state index in [2.05, 4.69) is 20.4 Å². The van der Waals surface area contributed by atoms with Crippen molar-refractivity contribution in [2.45, 2.75) is 0 Å². The molecule has 6 nitrogen and oxygen atoms in total. The molecule has 2 N–H and O–H groups in total. The molecule has 0 spiro atoms. The molecule has 1 heterocycles. The molecule has 0 atom stereocenters. The van der Waals surface area contributed by atoms with Crippen LogP contribution >= 0.6 is 11.6 Å². The zero-order valence-corrected chi connectivity index (χ0v) is 14.0. The molecule has 0 aliphatic heterocycles. The largest absolute Gasteiger partial charge is 0.453 e. The van der Waals surface area contributed by atoms with E-state index in [0.29, 0.717) is 27.5 Å². The maximum absolute atomic E-state index is 12.6. The van der Waals surface area contributed by atoms with Crippen LogP contribution in [0.4, 0.5) is 16.2 Å². The molecule has 0 aliphatic rings. The third-order valence-corrected chi connectivity index (χ3v) is 3.68. The number of rotatable bonds is 3. The van der Waals surface area contributed by atoms with Crippen LogP contribution in [-0.4, -0.2) is 24.1 Å². The van der Waals surface area contributed by atoms with E-state index in [-0.39, 0.29) is 5.91 Å². The van der Waals surface area contributed by atoms with Gasteiger partial charge in [-0.05, 0) is 36.4 Å². The molecule has 3 rings (SSSR count). The van der Waals surface area contributed by atoms with Crippen LogP contribution in [0.25, 0.3) is 10.9 Å². The van der Waals surface area contributed by atoms with Crippen LogP contribution < -0.4 is 10.6 Å². The standard InChI is InChI=1S/C18H14ClN3O3/c1-25-18(24)22-14-6-2-5-13(10-14)21-17(23)15-9-12(19)8-11-4-3-7-20-16(11)15/h2-10H,1H3,(H,21,23)(H,22,24). The zero-order chi connectivity index (χ0) is 17.8. The molecule has 0 aliphatic carbocycles. The van der Waals surface area contributed by atoms with Crippen molar-refractivity contribution in [3.05, 3.63) is 65.3 Å². The number of nitrogens with one attached hydrogen (secondary N) is 2. The third kappa shape index (κ3) is 3.87. The quantitative estimate of drug-likeness (QED) is 0.733. The summed E-state index contributed by atoms with van der Waals surface area (Å²) >= 11 is 6.10. The third-order valence-electron chi connectivity index (χ3n) is 3.47. The summed E-state index contributed by atoms with van der Waals surface area (Å²) in [7, 11) is 1.28. The Morgan fingerprint density at radius 3 is 2.56 bits per heavy atom. The minimum absolute atomic E-state index is 0.346. The molecule has 1 aromatic heterocycles. The minimum atomic E-state index is -0.589. The van der Waals surface area contributed by atoms with Gasteiger partial charge in [0.2, 0.25) is 0 Å². The van der Waals surface area contributed by atoms with Crippen LogP contribution in [0.15, 0.2) is 54.7 Å². The Balaban J connectivity index is 1.88. The fraction of sp³-hybridized carbons (Fsp3) is 0.0556. The molecule has 25 heavy (non-hydrogen) atoms. The first-order chi connectivity index (χ1) is 12.1. The van der Waals surface area contributed by atoms with E-state index in [4.69, 9.17) is 11.6 Å². The van der Waals surface area contributed by atoms with Crippen molar-refractivity contribution in [1.82, 2.24) is 4.98 Å². The van der Waals surface area contributed by atoms with Crippen molar-refractivity contribution >= 4 is 45.9 Å². The molecule has 0 saturated carbocycles. The highest BCUT2D eigenvalue weighted by Gasteiger charge is 2.13. The van der Waals surface area contributed by atoms with Crippen molar-refractivity contribution in [2.24, 2.45) is 0 Å². The molecule has 2 amide bonds. The lowest BCUT2D eigenvalue weighted by molar-refractivity contribution is 0.102. The summed E-state index contributed by atoms with van der Waals surface area (Å²) in [5.74, 6) is -0.346. The lowest BCUT2D eigenvalue weighted by Gasteiger charge is -2.10. The van der Waals surface area contributed by atoms with Gasteiger partial charge in [0, 0.05) is 28.0 Å². The predicted molar refractivity (Wildman–Crippen MR) is 97.2 cm³/mol. The van der Waals surface area contributed by atoms with Gasteiger partial charge in [-0.2, -0.15) is 0 Å². The molecule has 126 valence electrons. The molecule has 0 fully saturated rings. The second-order valence-corrected chi connectivity index (χ2v) is 5.62. The normalized spacial score (nSPS) is 10.3. The SMILES string of the molecule is COC(=O)Nc1cccc(NC(=O)c2cc(Cl)cc3cccnc23)c1. The van der Waals surface area contributed by atoms with Gasteiger partial charge in [-0.3, -0.25) is 15.1 Å². The van der Waals surface area contributed by atoms with E-state index >= 15 is 0 Å². The van der Waals surface area contributed by atoms with Gasteiger partial charge in [0.25, 0.3) is 5.91 Å². The monoisotopic (exact) mass is 355 g/mol. The fourth-order valence-electron chi connectivity index (χ4n) is 2.37. The highest BCUT2D eigenvalue weighted by molar-refractivity contribution is 6.32. The number of hydrogen-bond donors (Lipinski definition) is 2. The van der Waals surface area contributed by atoms with E-state index in [9.17, 15) is 9.59 Å². The number of hydrogen-bond acceptors (Lipinski definition) is 4. The zero-order valence-electron chi connectivity index (χ0n) is 13.2. The van der Waals surface area contributed by atoms with Gasteiger partial charge in [-0.25, -0.2) is 4.79 Å². The van der Waals surface area contributed by atoms with Gasteiger partial charge in [-0.1, -0.05) is 23.7 Å². The number of ether oxygens (including phenoxy) is 1. The molecular weight excluding hydrogens is 342 g/mol. The van der Waals surface area contributed by atoms with Gasteiger partial charge in [0.15, 0.2) is 0 Å². The van der Waals surface area contributed by atoms with Crippen LogP contribution in [0, 0.1) is 0 Å². The lowest BCUT2D eigenvalue weighted by atomic mass is 10.1. The number of halogens is 1. The van der Waals surface area contributed by atoms with E-state index in [1.807, 2.05) is 6.07 Å². The smallest absolute Gasteiger partial charge is 0.411 e. The molecule has 2 aromatic carbocycles. The summed E-state index contributed by atoms with van der Waals surface area (Å²) in [6, 6.07) is 13.7. The number of aromatic nitrogens is 1. The van der Waals surface area contributed by atoms with Crippen LogP contribution in [0.5, 0.6) is 0 Å². The van der Waals surface area contributed by atoms with E-state index in [1.54, 1.807) is 48.7 Å². The lowest BCUT2D eigenvalue weighted by Crippen LogP contribution is -2.14. The average molecular weight is 356 g/mol. The Bertz CT molecular complexity index is 959. The first-order valence-electron chi connectivity index (χ1n) is 7.37. The number of fused-ring (bicyclic) bond motifs is 1. The second-order valence-electron chi connectivity index (χ2n) is 5.18. The predicted octanol–water partition coefficient (Wildman–Crippen LogP) is 4.32. The van der Waals surface area contributed by atoms with Gasteiger partial charge in [0.05, 0.1) is 18.2 Å². The number of amides is 2. The Hall–Kier alpha value is -3.12. The van der Waals surface area contributed by atoms with E-state index in [1.165, 1.54) is 7.11 Å². The fourth-order valence-corrected chi connectivity index (χ4v) is 2.60. The highest BCUT2D eigenvalue weighted by Crippen LogP contribution is 2.24. The maximum atomic E-state index is 12.6. The van der Waals surface area contributed by atoms with Crippen molar-refractivity contribution in [2.75, 3.05) is 17.7 Å². The first-order valence-corrected chi connectivity index (χ1v) is 7.75. The van der Waals surface area contributed by atoms with E-state index in [0.717, 1.165) is 5.39 Å². The van der Waals surface area contributed by atoms with Gasteiger partial charge < -0.3 is 10.1 Å². The molecule has 0 saturated heterocycles. The summed E-state index contributed by atoms with van der Waals surface area (Å²) in [6.07, 6.45) is 1.03. The van der Waals surface area contributed by atoms with Crippen LogP contribution in [0.3, 0.4) is 0 Å². The maximum Gasteiger partial charge on any atom is 0.411 e. The molecule has 0 bridgehead atoms. The van der Waals surface area contributed by atoms with Crippen molar-refractivity contribution < 1.29 is 14.3 Å². The second kappa shape index (κ2) is 7.19. The van der Waals surface area contributed by atoms with Gasteiger partial charge >= 0.3 is 6.09 Å². The Labute approximate surface area is 148 Å². The van der Waals surface area contributed by atoms with E-state index < -0.39 is 6.09 Å². The highest BCUT2D eigenvalue weighted by atomic mass is 35.5. The van der Waals surface area contributed by atoms with Crippen molar-refractivity contribution in [3.63, 3.8) is 0 Å². The van der Waals surface area contributed by atoms with Crippen LogP contribution in [0.1, 0.15) is 10.4 Å². The van der Waals surface area contributed by atoms with Gasteiger partial charge in [-0.15, -0.1) is 0 Å². The van der Waals surface area contributed by atoms with Crippen LogP contribution in [-0.2, 0) is 4.74 Å². The topological polar surface area (TPSA) is 80.3 Å². The van der Waals surface area contributed by atoms with Gasteiger partial charge in [0.1, 0.15) is 0 Å². The molecule has 0 radical (unpaired) electrons. The number of methoxy groups -OCH3 is 1. The average Bonchev–Trinajstić information content (AvgIpc) is 2.61. The minimum Gasteiger partial charge on any atom is -0.453 e. The molecular formula is C18H14ClN3O3. The van der Waals surface area contributed by atoms with Crippen molar-refractivity contribution in [3.8, 4) is 0 Å². The number of carbonyl (C=O) groups excluding carboxylic acids is 2. The van der Waals surface area contributed by atoms with Crippen LogP contribution in [0.2, 0.25) is 5.02 Å². The summed E-state index contributed by atoms with van der Waals surface area (Å²) in [6.45, 7) is 0. The summed E-state index contributed by atoms with van der Waals surface area (Å²) in [5.41, 5.74) is 1.95. The Morgan fingerprint density at radius 2 is 1.80 bits per heavy atom. The molecule has 7 heteroatoms. The first kappa shape index (κ1) is 16.7. The molecule has 0 unspecified atom stereocenters. The summed E-state index contributed by atoms with van der Waals surface area (Å²) in [4.78, 5) is 28.2. The number of pyridine rings is 1. The Kier molecular flexibility index (Phi) is 4.81. The summed E-state index contributed by atoms with van der Waals surface area (Å²) in [5, 5.41) is 6.55. The number of nitrogens with zero attached hydrogens (tertiary/aromatic N) is 1. The number of benzene rings is 2. The Morgan fingerprint density at radius 1 is 1.04 bits per heavy atom. The van der Waals surface area contributed by atoms with Crippen molar-refractivity contribution in [1.29, 1.82) is 0 Å². The molecule has 3 aromatic rings.